The summed E-state index contributed by atoms with van der Waals surface area (Å²) in [5, 5.41) is 12.1. The molecule has 0 bridgehead atoms. The molecular weight excluding hydrogens is 277 g/mol. The van der Waals surface area contributed by atoms with Crippen molar-refractivity contribution >= 4 is 11.8 Å². The van der Waals surface area contributed by atoms with E-state index in [9.17, 15) is 23.1 Å². The lowest BCUT2D eigenvalue weighted by molar-refractivity contribution is -0.142. The highest BCUT2D eigenvalue weighted by atomic mass is 19.4. The fourth-order valence-electron chi connectivity index (χ4n) is 1.43. The molecule has 20 heavy (non-hydrogen) atoms. The van der Waals surface area contributed by atoms with Gasteiger partial charge in [0.2, 0.25) is 0 Å². The summed E-state index contributed by atoms with van der Waals surface area (Å²) in [6.07, 6.45) is -4.83. The zero-order chi connectivity index (χ0) is 15.7. The Morgan fingerprint density at radius 1 is 1.35 bits per heavy atom. The number of nitrogens with one attached hydrogen (secondary N) is 1. The summed E-state index contributed by atoms with van der Waals surface area (Å²) in [4.78, 5) is 14.8. The summed E-state index contributed by atoms with van der Waals surface area (Å²) in [6.45, 7) is 5.07. The molecule has 5 nitrogen and oxygen atoms in total. The van der Waals surface area contributed by atoms with Gasteiger partial charge in [-0.3, -0.25) is 0 Å². The molecule has 1 aromatic rings. The molecule has 0 spiro atoms. The van der Waals surface area contributed by atoms with E-state index in [1.54, 1.807) is 20.8 Å². The summed E-state index contributed by atoms with van der Waals surface area (Å²) in [7, 11) is 1.08. The van der Waals surface area contributed by atoms with Crippen LogP contribution in [0.25, 0.3) is 0 Å². The first-order chi connectivity index (χ1) is 8.95. The Bertz CT molecular complexity index is 522. The van der Waals surface area contributed by atoms with Gasteiger partial charge in [0, 0.05) is 11.6 Å². The lowest BCUT2D eigenvalue weighted by atomic mass is 10.1. The van der Waals surface area contributed by atoms with E-state index in [1.165, 1.54) is 0 Å². The van der Waals surface area contributed by atoms with E-state index in [0.29, 0.717) is 6.07 Å². The number of halogens is 3. The highest BCUT2D eigenvalue weighted by Gasteiger charge is 2.38. The average molecular weight is 292 g/mol. The summed E-state index contributed by atoms with van der Waals surface area (Å²) in [5.74, 6) is -2.32. The predicted molar refractivity (Wildman–Crippen MR) is 65.6 cm³/mol. The number of rotatable bonds is 2. The molecule has 0 saturated heterocycles. The molecule has 0 atom stereocenters. The number of hydrogen-bond acceptors (Lipinski definition) is 5. The fraction of sp³-hybridized carbons (Fsp3) is 0.500. The van der Waals surface area contributed by atoms with Crippen LogP contribution in [0.2, 0.25) is 0 Å². The van der Waals surface area contributed by atoms with E-state index in [1.807, 2.05) is 0 Å². The largest absolute Gasteiger partial charge is 0.506 e. The van der Waals surface area contributed by atoms with Crippen LogP contribution < -0.4 is 5.32 Å². The Morgan fingerprint density at radius 2 is 1.90 bits per heavy atom. The number of aromatic hydroxyl groups is 1. The van der Waals surface area contributed by atoms with Crippen molar-refractivity contribution in [2.75, 3.05) is 12.4 Å². The Kier molecular flexibility index (Phi) is 4.16. The smallest absolute Gasteiger partial charge is 0.437 e. The minimum absolute atomic E-state index is 0.270. The van der Waals surface area contributed by atoms with Crippen molar-refractivity contribution < 1.29 is 27.8 Å². The number of carbonyl (C=O) groups excluding carboxylic acids is 1. The second-order valence-electron chi connectivity index (χ2n) is 5.12. The number of esters is 1. The number of hydrogen-bond donors (Lipinski definition) is 2. The van der Waals surface area contributed by atoms with E-state index in [4.69, 9.17) is 0 Å². The second-order valence-corrected chi connectivity index (χ2v) is 5.12. The summed E-state index contributed by atoms with van der Waals surface area (Å²) < 4.78 is 42.6. The lowest BCUT2D eigenvalue weighted by Gasteiger charge is -2.23. The van der Waals surface area contributed by atoms with Gasteiger partial charge in [0.1, 0.15) is 17.1 Å². The molecule has 0 unspecified atom stereocenters. The molecule has 8 heteroatoms. The number of pyridine rings is 1. The average Bonchev–Trinajstić information content (AvgIpc) is 2.26. The van der Waals surface area contributed by atoms with Crippen molar-refractivity contribution in [1.82, 2.24) is 4.98 Å². The Morgan fingerprint density at radius 3 is 2.30 bits per heavy atom. The minimum atomic E-state index is -4.83. The fourth-order valence-corrected chi connectivity index (χ4v) is 1.43. The van der Waals surface area contributed by atoms with Gasteiger partial charge in [-0.25, -0.2) is 9.78 Å². The van der Waals surface area contributed by atoms with Gasteiger partial charge in [0.15, 0.2) is 5.69 Å². The molecule has 0 amide bonds. The van der Waals surface area contributed by atoms with Gasteiger partial charge in [0.05, 0.1) is 7.11 Å². The second kappa shape index (κ2) is 5.18. The van der Waals surface area contributed by atoms with Gasteiger partial charge >= 0.3 is 12.1 Å². The third-order valence-electron chi connectivity index (χ3n) is 2.17. The van der Waals surface area contributed by atoms with E-state index in [0.717, 1.165) is 7.11 Å². The maximum absolute atomic E-state index is 12.7. The lowest BCUT2D eigenvalue weighted by Crippen LogP contribution is -2.29. The number of carbonyl (C=O) groups is 1. The molecule has 2 N–H and O–H groups in total. The third kappa shape index (κ3) is 3.75. The number of methoxy groups -OCH3 is 1. The van der Waals surface area contributed by atoms with Crippen LogP contribution in [0.5, 0.6) is 5.75 Å². The first-order valence-electron chi connectivity index (χ1n) is 5.63. The van der Waals surface area contributed by atoms with Crippen molar-refractivity contribution in [2.45, 2.75) is 32.5 Å². The highest BCUT2D eigenvalue weighted by molar-refractivity contribution is 5.95. The highest BCUT2D eigenvalue weighted by Crippen LogP contribution is 2.36. The molecule has 0 fully saturated rings. The molecule has 0 aliphatic carbocycles. The van der Waals surface area contributed by atoms with Crippen LogP contribution in [0.1, 0.15) is 36.8 Å². The van der Waals surface area contributed by atoms with Crippen molar-refractivity contribution in [3.8, 4) is 5.75 Å². The molecule has 0 aliphatic heterocycles. The van der Waals surface area contributed by atoms with Crippen LogP contribution in [-0.4, -0.2) is 28.7 Å². The number of anilines is 1. The summed E-state index contributed by atoms with van der Waals surface area (Å²) in [6, 6.07) is 0.690. The maximum atomic E-state index is 12.7. The van der Waals surface area contributed by atoms with Crippen LogP contribution in [0.15, 0.2) is 6.07 Å². The van der Waals surface area contributed by atoms with Gasteiger partial charge in [-0.15, -0.1) is 0 Å². The van der Waals surface area contributed by atoms with Crippen LogP contribution in [0.4, 0.5) is 19.0 Å². The van der Waals surface area contributed by atoms with E-state index >= 15 is 0 Å². The molecule has 0 radical (unpaired) electrons. The first kappa shape index (κ1) is 16.1. The van der Waals surface area contributed by atoms with Gasteiger partial charge < -0.3 is 15.2 Å². The summed E-state index contributed by atoms with van der Waals surface area (Å²) >= 11 is 0. The van der Waals surface area contributed by atoms with E-state index in [-0.39, 0.29) is 11.4 Å². The van der Waals surface area contributed by atoms with E-state index < -0.39 is 29.1 Å². The van der Waals surface area contributed by atoms with Crippen LogP contribution >= 0.6 is 0 Å². The number of ether oxygens (including phenoxy) is 1. The van der Waals surface area contributed by atoms with Crippen molar-refractivity contribution in [2.24, 2.45) is 0 Å². The molecule has 112 valence electrons. The maximum Gasteiger partial charge on any atom is 0.437 e. The molecule has 1 aromatic heterocycles. The number of alkyl halides is 3. The Balaban J connectivity index is 3.46. The Hall–Kier alpha value is -1.99. The molecule has 1 rings (SSSR count). The minimum Gasteiger partial charge on any atom is -0.506 e. The van der Waals surface area contributed by atoms with Crippen LogP contribution in [-0.2, 0) is 10.9 Å². The Labute approximate surface area is 113 Å². The zero-order valence-corrected chi connectivity index (χ0v) is 11.4. The van der Waals surface area contributed by atoms with E-state index in [2.05, 4.69) is 15.0 Å². The first-order valence-corrected chi connectivity index (χ1v) is 5.63. The molecular formula is C12H15F3N2O3. The van der Waals surface area contributed by atoms with Gasteiger partial charge in [-0.2, -0.15) is 13.2 Å². The predicted octanol–water partition coefficient (Wildman–Crippen LogP) is 2.80. The topological polar surface area (TPSA) is 71.5 Å². The quantitative estimate of drug-likeness (QED) is 0.820. The molecule has 0 saturated carbocycles. The zero-order valence-electron chi connectivity index (χ0n) is 11.4. The molecule has 0 aliphatic rings. The SMILES string of the molecule is COC(=O)c1cc(O)c(C(F)(F)F)nc1NC(C)(C)C. The molecule has 1 heterocycles. The number of nitrogens with zero attached hydrogens (tertiary/aromatic N) is 1. The summed E-state index contributed by atoms with van der Waals surface area (Å²) in [5.41, 5.74) is -2.36. The molecule has 0 aromatic carbocycles. The van der Waals surface area contributed by atoms with Gasteiger partial charge in [-0.05, 0) is 20.8 Å². The van der Waals surface area contributed by atoms with Crippen LogP contribution in [0.3, 0.4) is 0 Å². The van der Waals surface area contributed by atoms with Crippen molar-refractivity contribution in [1.29, 1.82) is 0 Å². The van der Waals surface area contributed by atoms with Crippen molar-refractivity contribution in [3.05, 3.63) is 17.3 Å². The monoisotopic (exact) mass is 292 g/mol. The number of aromatic nitrogens is 1. The standard InChI is InChI=1S/C12H15F3N2O3/c1-11(2,3)17-9-6(10(19)20-4)5-7(18)8(16-9)12(13,14)15/h5,18H,1-4H3,(H,16,17). The van der Waals surface area contributed by atoms with Crippen LogP contribution in [0, 0.1) is 0 Å². The normalized spacial score (nSPS) is 12.2. The van der Waals surface area contributed by atoms with Crippen molar-refractivity contribution in [3.63, 3.8) is 0 Å². The van der Waals surface area contributed by atoms with Gasteiger partial charge in [0.25, 0.3) is 0 Å². The van der Waals surface area contributed by atoms with Gasteiger partial charge in [-0.1, -0.05) is 0 Å². The third-order valence-corrected chi connectivity index (χ3v) is 2.17.